The molecule has 1 aliphatic heterocycles. The highest BCUT2D eigenvalue weighted by molar-refractivity contribution is 6.06. The van der Waals surface area contributed by atoms with Crippen LogP contribution in [0.15, 0.2) is 30.5 Å². The van der Waals surface area contributed by atoms with E-state index in [4.69, 9.17) is 0 Å². The minimum Gasteiger partial charge on any atom is -0.506 e. The second-order valence-corrected chi connectivity index (χ2v) is 4.32. The van der Waals surface area contributed by atoms with Crippen molar-refractivity contribution < 1.29 is 9.90 Å². The van der Waals surface area contributed by atoms with E-state index in [-0.39, 0.29) is 11.7 Å². The number of benzene rings is 1. The molecule has 92 valence electrons. The summed E-state index contributed by atoms with van der Waals surface area (Å²) in [6.07, 6.45) is 3.33. The third-order valence-electron chi connectivity index (χ3n) is 3.17. The summed E-state index contributed by atoms with van der Waals surface area (Å²) in [5, 5.41) is 16.4. The van der Waals surface area contributed by atoms with Gasteiger partial charge in [0.2, 0.25) is 0 Å². The van der Waals surface area contributed by atoms with Crippen molar-refractivity contribution in [2.75, 3.05) is 11.4 Å². The summed E-state index contributed by atoms with van der Waals surface area (Å²) >= 11 is 0. The number of rotatable bonds is 1. The fourth-order valence-corrected chi connectivity index (χ4v) is 2.35. The molecule has 5 heteroatoms. The van der Waals surface area contributed by atoms with Gasteiger partial charge in [-0.3, -0.25) is 9.89 Å². The van der Waals surface area contributed by atoms with Crippen LogP contribution in [0.4, 0.5) is 5.69 Å². The molecule has 0 spiro atoms. The second-order valence-electron chi connectivity index (χ2n) is 4.32. The molecule has 5 nitrogen and oxygen atoms in total. The summed E-state index contributed by atoms with van der Waals surface area (Å²) in [4.78, 5) is 13.9. The number of phenolic OH excluding ortho intramolecular Hbond substituents is 1. The zero-order valence-electron chi connectivity index (χ0n) is 9.76. The van der Waals surface area contributed by atoms with Crippen LogP contribution in [0.5, 0.6) is 5.75 Å². The van der Waals surface area contributed by atoms with Gasteiger partial charge in [-0.05, 0) is 30.5 Å². The van der Waals surface area contributed by atoms with Crippen molar-refractivity contribution in [3.8, 4) is 5.75 Å². The number of amides is 1. The highest BCUT2D eigenvalue weighted by atomic mass is 16.3. The third kappa shape index (κ3) is 1.64. The van der Waals surface area contributed by atoms with E-state index >= 15 is 0 Å². The number of hydrogen-bond acceptors (Lipinski definition) is 3. The Morgan fingerprint density at radius 2 is 2.28 bits per heavy atom. The van der Waals surface area contributed by atoms with Gasteiger partial charge >= 0.3 is 0 Å². The zero-order chi connectivity index (χ0) is 12.5. The van der Waals surface area contributed by atoms with Gasteiger partial charge in [0.05, 0.1) is 5.69 Å². The Bertz CT molecular complexity index is 578. The summed E-state index contributed by atoms with van der Waals surface area (Å²) in [5.74, 6) is -0.00462. The molecule has 2 aromatic rings. The standard InChI is InChI=1S/C13H13N3O2/c17-11-5-1-3-9-4-2-8-16(12(9)11)13(18)10-6-7-14-15-10/h1,3,5-7,17H,2,4,8H2,(H,14,15). The molecule has 1 aromatic heterocycles. The fraction of sp³-hybridized carbons (Fsp3) is 0.231. The van der Waals surface area contributed by atoms with Crippen LogP contribution in [0.1, 0.15) is 22.5 Å². The van der Waals surface area contributed by atoms with Gasteiger partial charge in [0, 0.05) is 12.7 Å². The predicted molar refractivity (Wildman–Crippen MR) is 66.7 cm³/mol. The van der Waals surface area contributed by atoms with Crippen LogP contribution in [-0.2, 0) is 6.42 Å². The highest BCUT2D eigenvalue weighted by Crippen LogP contribution is 2.35. The maximum absolute atomic E-state index is 12.3. The Labute approximate surface area is 104 Å². The average molecular weight is 243 g/mol. The number of fused-ring (bicyclic) bond motifs is 1. The largest absolute Gasteiger partial charge is 0.506 e. The van der Waals surface area contributed by atoms with Crippen molar-refractivity contribution in [2.24, 2.45) is 0 Å². The number of aromatic nitrogens is 2. The Kier molecular flexibility index (Phi) is 2.51. The summed E-state index contributed by atoms with van der Waals surface area (Å²) in [6.45, 7) is 0.614. The summed E-state index contributed by atoms with van der Waals surface area (Å²) < 4.78 is 0. The number of hydrogen-bond donors (Lipinski definition) is 2. The molecule has 18 heavy (non-hydrogen) atoms. The van der Waals surface area contributed by atoms with Crippen molar-refractivity contribution in [3.05, 3.63) is 41.7 Å². The number of nitrogens with zero attached hydrogens (tertiary/aromatic N) is 2. The van der Waals surface area contributed by atoms with Crippen LogP contribution < -0.4 is 4.90 Å². The number of aromatic amines is 1. The van der Waals surface area contributed by atoms with Crippen LogP contribution in [0.2, 0.25) is 0 Å². The van der Waals surface area contributed by atoms with E-state index < -0.39 is 0 Å². The van der Waals surface area contributed by atoms with E-state index in [1.165, 1.54) is 0 Å². The Balaban J connectivity index is 2.04. The molecule has 2 N–H and O–H groups in total. The van der Waals surface area contributed by atoms with Gasteiger partial charge in [-0.2, -0.15) is 5.10 Å². The lowest BCUT2D eigenvalue weighted by Crippen LogP contribution is -2.35. The quantitative estimate of drug-likeness (QED) is 0.801. The SMILES string of the molecule is O=C(c1ccn[nH]1)N1CCCc2cccc(O)c21. The molecule has 1 aromatic carbocycles. The lowest BCUT2D eigenvalue weighted by atomic mass is 10.0. The van der Waals surface area contributed by atoms with Crippen molar-refractivity contribution in [1.29, 1.82) is 0 Å². The van der Waals surface area contributed by atoms with Crippen molar-refractivity contribution in [2.45, 2.75) is 12.8 Å². The number of H-pyrrole nitrogens is 1. The molecule has 0 fully saturated rings. The van der Waals surface area contributed by atoms with Crippen LogP contribution in [-0.4, -0.2) is 27.8 Å². The minimum atomic E-state index is -0.157. The second kappa shape index (κ2) is 4.18. The van der Waals surface area contributed by atoms with E-state index in [1.54, 1.807) is 29.3 Å². The molecule has 0 atom stereocenters. The fourth-order valence-electron chi connectivity index (χ4n) is 2.35. The smallest absolute Gasteiger partial charge is 0.276 e. The van der Waals surface area contributed by atoms with Crippen LogP contribution in [0, 0.1) is 0 Å². The van der Waals surface area contributed by atoms with Gasteiger partial charge in [0.25, 0.3) is 5.91 Å². The number of phenols is 1. The highest BCUT2D eigenvalue weighted by Gasteiger charge is 2.26. The summed E-state index contributed by atoms with van der Waals surface area (Å²) in [7, 11) is 0. The monoisotopic (exact) mass is 243 g/mol. The Hall–Kier alpha value is -2.30. The minimum absolute atomic E-state index is 0.153. The normalized spacial score (nSPS) is 14.3. The molecule has 0 unspecified atom stereocenters. The molecule has 0 saturated heterocycles. The number of carbonyl (C=O) groups is 1. The summed E-state index contributed by atoms with van der Waals surface area (Å²) in [6, 6.07) is 6.99. The van der Waals surface area contributed by atoms with Crippen LogP contribution >= 0.6 is 0 Å². The third-order valence-corrected chi connectivity index (χ3v) is 3.17. The van der Waals surface area contributed by atoms with Gasteiger partial charge in [0.1, 0.15) is 11.4 Å². The number of nitrogens with one attached hydrogen (secondary N) is 1. The molecule has 0 saturated carbocycles. The lowest BCUT2D eigenvalue weighted by Gasteiger charge is -2.29. The molecule has 2 heterocycles. The first-order valence-electron chi connectivity index (χ1n) is 5.89. The first-order valence-corrected chi connectivity index (χ1v) is 5.89. The van der Waals surface area contributed by atoms with E-state index in [0.29, 0.717) is 17.9 Å². The first kappa shape index (κ1) is 10.8. The Morgan fingerprint density at radius 1 is 1.39 bits per heavy atom. The number of anilines is 1. The van der Waals surface area contributed by atoms with Crippen LogP contribution in [0.3, 0.4) is 0 Å². The molecule has 3 rings (SSSR count). The lowest BCUT2D eigenvalue weighted by molar-refractivity contribution is 0.0979. The summed E-state index contributed by atoms with van der Waals surface area (Å²) in [5.41, 5.74) is 2.07. The van der Waals surface area contributed by atoms with Crippen LogP contribution in [0.25, 0.3) is 0 Å². The Morgan fingerprint density at radius 3 is 3.06 bits per heavy atom. The molecule has 0 bridgehead atoms. The van der Waals surface area contributed by atoms with Crippen molar-refractivity contribution in [3.63, 3.8) is 0 Å². The van der Waals surface area contributed by atoms with Gasteiger partial charge in [-0.25, -0.2) is 0 Å². The number of para-hydroxylation sites is 1. The number of aryl methyl sites for hydroxylation is 1. The molecular weight excluding hydrogens is 230 g/mol. The zero-order valence-corrected chi connectivity index (χ0v) is 9.76. The molecule has 1 amide bonds. The number of aromatic hydroxyl groups is 1. The van der Waals surface area contributed by atoms with Gasteiger partial charge in [-0.15, -0.1) is 0 Å². The van der Waals surface area contributed by atoms with Crippen molar-refractivity contribution in [1.82, 2.24) is 10.2 Å². The first-order chi connectivity index (χ1) is 8.77. The molecule has 1 aliphatic rings. The van der Waals surface area contributed by atoms with E-state index in [9.17, 15) is 9.90 Å². The van der Waals surface area contributed by atoms with Gasteiger partial charge < -0.3 is 10.0 Å². The number of carbonyl (C=O) groups excluding carboxylic acids is 1. The predicted octanol–water partition coefficient (Wildman–Crippen LogP) is 1.71. The average Bonchev–Trinajstić information content (AvgIpc) is 2.91. The van der Waals surface area contributed by atoms with Gasteiger partial charge in [-0.1, -0.05) is 12.1 Å². The molecular formula is C13H13N3O2. The molecule has 0 radical (unpaired) electrons. The van der Waals surface area contributed by atoms with E-state index in [0.717, 1.165) is 18.4 Å². The van der Waals surface area contributed by atoms with Gasteiger partial charge in [0.15, 0.2) is 0 Å². The van der Waals surface area contributed by atoms with Crippen molar-refractivity contribution >= 4 is 11.6 Å². The van der Waals surface area contributed by atoms with E-state index in [1.807, 2.05) is 6.07 Å². The topological polar surface area (TPSA) is 69.2 Å². The molecule has 0 aliphatic carbocycles. The maximum atomic E-state index is 12.3. The van der Waals surface area contributed by atoms with E-state index in [2.05, 4.69) is 10.2 Å². The maximum Gasteiger partial charge on any atom is 0.276 e.